The van der Waals surface area contributed by atoms with Crippen LogP contribution in [0.25, 0.3) is 16.4 Å². The van der Waals surface area contributed by atoms with E-state index in [9.17, 15) is 9.18 Å². The van der Waals surface area contributed by atoms with Crippen LogP contribution in [0.3, 0.4) is 0 Å². The number of amides is 1. The van der Waals surface area contributed by atoms with Crippen LogP contribution in [0.1, 0.15) is 30.4 Å². The number of carbonyl (C=O) groups excluding carboxylic acids is 1. The molecule has 2 aromatic heterocycles. The lowest BCUT2D eigenvalue weighted by atomic mass is 10.2. The Bertz CT molecular complexity index is 879. The van der Waals surface area contributed by atoms with E-state index >= 15 is 0 Å². The predicted molar refractivity (Wildman–Crippen MR) is 97.9 cm³/mol. The van der Waals surface area contributed by atoms with Gasteiger partial charge in [0.2, 0.25) is 5.82 Å². The molecule has 3 rings (SSSR count). The van der Waals surface area contributed by atoms with E-state index in [0.29, 0.717) is 24.4 Å². The molecule has 0 aliphatic rings. The Morgan fingerprint density at radius 3 is 2.92 bits per heavy atom. The van der Waals surface area contributed by atoms with E-state index in [0.717, 1.165) is 4.88 Å². The topological polar surface area (TPSA) is 80.0 Å². The van der Waals surface area contributed by atoms with Crippen LogP contribution in [0, 0.1) is 5.82 Å². The highest BCUT2D eigenvalue weighted by Crippen LogP contribution is 2.25. The molecule has 0 spiro atoms. The average molecular weight is 374 g/mol. The summed E-state index contributed by atoms with van der Waals surface area (Å²) in [7, 11) is 0. The van der Waals surface area contributed by atoms with Crippen LogP contribution in [-0.2, 0) is 0 Å². The first-order valence-electron chi connectivity index (χ1n) is 8.27. The zero-order valence-corrected chi connectivity index (χ0v) is 15.0. The molecule has 0 radical (unpaired) electrons. The van der Waals surface area contributed by atoms with Gasteiger partial charge in [0, 0.05) is 12.6 Å². The third kappa shape index (κ3) is 4.14. The van der Waals surface area contributed by atoms with E-state index in [2.05, 4.69) is 15.4 Å². The smallest absolute Gasteiger partial charge is 0.291 e. The van der Waals surface area contributed by atoms with E-state index in [-0.39, 0.29) is 18.5 Å². The lowest BCUT2D eigenvalue weighted by Gasteiger charge is -2.11. The molecule has 0 fully saturated rings. The number of aliphatic hydroxyl groups is 1. The summed E-state index contributed by atoms with van der Waals surface area (Å²) in [6.07, 6.45) is 1.26. The Hall–Kier alpha value is -2.58. The van der Waals surface area contributed by atoms with Crippen molar-refractivity contribution in [2.24, 2.45) is 0 Å². The summed E-state index contributed by atoms with van der Waals surface area (Å²) >= 11 is 1.46. The second-order valence-electron chi connectivity index (χ2n) is 5.87. The van der Waals surface area contributed by atoms with Gasteiger partial charge in [0.25, 0.3) is 5.91 Å². The number of carbonyl (C=O) groups is 1. The fourth-order valence-corrected chi connectivity index (χ4v) is 3.22. The van der Waals surface area contributed by atoms with Crippen molar-refractivity contribution < 1.29 is 14.3 Å². The molecule has 136 valence electrons. The first-order chi connectivity index (χ1) is 12.6. The van der Waals surface area contributed by atoms with Crippen LogP contribution in [0.4, 0.5) is 4.39 Å². The van der Waals surface area contributed by atoms with Gasteiger partial charge in [-0.1, -0.05) is 12.1 Å². The second kappa shape index (κ2) is 8.20. The molecule has 1 atom stereocenters. The number of aliphatic hydroxyl groups excluding tert-OH is 1. The maximum Gasteiger partial charge on any atom is 0.291 e. The molecule has 1 aromatic carbocycles. The number of halogens is 1. The minimum atomic E-state index is -0.400. The third-order valence-electron chi connectivity index (χ3n) is 3.78. The largest absolute Gasteiger partial charge is 0.396 e. The van der Waals surface area contributed by atoms with Crippen molar-refractivity contribution in [2.45, 2.75) is 25.8 Å². The van der Waals surface area contributed by atoms with Crippen LogP contribution < -0.4 is 5.32 Å². The van der Waals surface area contributed by atoms with Gasteiger partial charge >= 0.3 is 0 Å². The van der Waals surface area contributed by atoms with Gasteiger partial charge in [0.15, 0.2) is 5.82 Å². The summed E-state index contributed by atoms with van der Waals surface area (Å²) in [4.78, 5) is 17.7. The van der Waals surface area contributed by atoms with Crippen LogP contribution in [0.5, 0.6) is 0 Å². The highest BCUT2D eigenvalue weighted by Gasteiger charge is 2.20. The number of benzene rings is 1. The van der Waals surface area contributed by atoms with E-state index < -0.39 is 11.7 Å². The Morgan fingerprint density at radius 1 is 1.38 bits per heavy atom. The number of hydrogen-bond donors (Lipinski definition) is 2. The van der Waals surface area contributed by atoms with E-state index in [1.165, 1.54) is 28.2 Å². The van der Waals surface area contributed by atoms with E-state index in [1.807, 2.05) is 24.4 Å². The van der Waals surface area contributed by atoms with Gasteiger partial charge in [-0.3, -0.25) is 4.79 Å². The molecule has 0 bridgehead atoms. The van der Waals surface area contributed by atoms with Crippen LogP contribution in [0.15, 0.2) is 41.8 Å². The molecule has 0 saturated carbocycles. The van der Waals surface area contributed by atoms with Gasteiger partial charge in [0.05, 0.1) is 10.6 Å². The monoisotopic (exact) mass is 374 g/mol. The van der Waals surface area contributed by atoms with Gasteiger partial charge in [-0.2, -0.15) is 0 Å². The number of rotatable bonds is 7. The molecule has 0 aliphatic carbocycles. The Kier molecular flexibility index (Phi) is 5.75. The highest BCUT2D eigenvalue weighted by atomic mass is 32.1. The SMILES string of the molecule is CC(CCCO)NC(=O)c1nc(-c2cccs2)n(-c2cccc(F)c2)n1. The summed E-state index contributed by atoms with van der Waals surface area (Å²) in [6, 6.07) is 9.62. The third-order valence-corrected chi connectivity index (χ3v) is 4.64. The van der Waals surface area contributed by atoms with Gasteiger partial charge < -0.3 is 10.4 Å². The molecule has 1 unspecified atom stereocenters. The first-order valence-corrected chi connectivity index (χ1v) is 9.15. The van der Waals surface area contributed by atoms with Gasteiger partial charge in [-0.25, -0.2) is 14.1 Å². The van der Waals surface area contributed by atoms with Gasteiger partial charge in [-0.15, -0.1) is 16.4 Å². The van der Waals surface area contributed by atoms with Crippen molar-refractivity contribution in [3.05, 3.63) is 53.4 Å². The molecule has 3 aromatic rings. The average Bonchev–Trinajstić information content (AvgIpc) is 3.29. The quantitative estimate of drug-likeness (QED) is 0.666. The second-order valence-corrected chi connectivity index (χ2v) is 6.82. The van der Waals surface area contributed by atoms with Crippen molar-refractivity contribution in [3.8, 4) is 16.4 Å². The van der Waals surface area contributed by atoms with Crippen molar-refractivity contribution in [3.63, 3.8) is 0 Å². The fourth-order valence-electron chi connectivity index (χ4n) is 2.52. The van der Waals surface area contributed by atoms with Gasteiger partial charge in [0.1, 0.15) is 5.82 Å². The minimum Gasteiger partial charge on any atom is -0.396 e. The van der Waals surface area contributed by atoms with Crippen molar-refractivity contribution in [1.82, 2.24) is 20.1 Å². The molecule has 2 heterocycles. The van der Waals surface area contributed by atoms with Crippen molar-refractivity contribution >= 4 is 17.2 Å². The summed E-state index contributed by atoms with van der Waals surface area (Å²) in [5.41, 5.74) is 0.494. The summed E-state index contributed by atoms with van der Waals surface area (Å²) in [6.45, 7) is 1.94. The predicted octanol–water partition coefficient (Wildman–Crippen LogP) is 3.03. The normalized spacial score (nSPS) is 12.1. The van der Waals surface area contributed by atoms with Crippen molar-refractivity contribution in [1.29, 1.82) is 0 Å². The van der Waals surface area contributed by atoms with Crippen LogP contribution in [-0.4, -0.2) is 38.4 Å². The molecule has 6 nitrogen and oxygen atoms in total. The summed E-state index contributed by atoms with van der Waals surface area (Å²) in [5, 5.41) is 17.9. The number of aromatic nitrogens is 3. The molecule has 0 aliphatic heterocycles. The van der Waals surface area contributed by atoms with E-state index in [4.69, 9.17) is 5.11 Å². The molecule has 8 heteroatoms. The lowest BCUT2D eigenvalue weighted by molar-refractivity contribution is 0.0926. The Morgan fingerprint density at radius 2 is 2.23 bits per heavy atom. The van der Waals surface area contributed by atoms with Crippen molar-refractivity contribution in [2.75, 3.05) is 6.61 Å². The molecule has 26 heavy (non-hydrogen) atoms. The molecular formula is C18H19FN4O2S. The van der Waals surface area contributed by atoms with Crippen LogP contribution in [0.2, 0.25) is 0 Å². The van der Waals surface area contributed by atoms with E-state index in [1.54, 1.807) is 12.1 Å². The number of nitrogens with zero attached hydrogens (tertiary/aromatic N) is 3. The Labute approximate surface area is 154 Å². The summed E-state index contributed by atoms with van der Waals surface area (Å²) < 4.78 is 15.1. The lowest BCUT2D eigenvalue weighted by Crippen LogP contribution is -2.33. The minimum absolute atomic E-state index is 0.0218. The summed E-state index contributed by atoms with van der Waals surface area (Å²) in [5.74, 6) is -0.283. The molecular weight excluding hydrogens is 355 g/mol. The number of hydrogen-bond acceptors (Lipinski definition) is 5. The number of nitrogens with one attached hydrogen (secondary N) is 1. The van der Waals surface area contributed by atoms with Crippen LogP contribution >= 0.6 is 11.3 Å². The molecule has 2 N–H and O–H groups in total. The molecule has 1 amide bonds. The van der Waals surface area contributed by atoms with Gasteiger partial charge in [-0.05, 0) is 49.4 Å². The zero-order valence-electron chi connectivity index (χ0n) is 14.2. The highest BCUT2D eigenvalue weighted by molar-refractivity contribution is 7.13. The zero-order chi connectivity index (χ0) is 18.5. The standard InChI is InChI=1S/C18H19FN4O2S/c1-12(5-3-9-24)20-18(25)16-21-17(15-8-4-10-26-15)23(22-16)14-7-2-6-13(19)11-14/h2,4,6-8,10-12,24H,3,5,9H2,1H3,(H,20,25). The maximum absolute atomic E-state index is 13.6. The molecule has 0 saturated heterocycles. The number of thiophene rings is 1. The fraction of sp³-hybridized carbons (Fsp3) is 0.278. The first kappa shape index (κ1) is 18.2. The Balaban J connectivity index is 1.93. The maximum atomic E-state index is 13.6.